The number of fused-ring (bicyclic) bond motifs is 6. The zero-order valence-electron chi connectivity index (χ0n) is 22.8. The van der Waals surface area contributed by atoms with Crippen molar-refractivity contribution >= 4 is 17.5 Å². The van der Waals surface area contributed by atoms with E-state index in [1.165, 1.54) is 6.92 Å². The van der Waals surface area contributed by atoms with Gasteiger partial charge >= 0.3 is 5.97 Å². The molecule has 6 rings (SSSR count). The van der Waals surface area contributed by atoms with E-state index in [0.717, 1.165) is 18.4 Å². The van der Waals surface area contributed by atoms with Crippen molar-refractivity contribution in [1.82, 2.24) is 0 Å². The van der Waals surface area contributed by atoms with Crippen molar-refractivity contribution in [3.63, 3.8) is 0 Å². The second-order valence-corrected chi connectivity index (χ2v) is 13.4. The van der Waals surface area contributed by atoms with E-state index >= 15 is 0 Å². The van der Waals surface area contributed by atoms with Crippen LogP contribution in [-0.2, 0) is 28.6 Å². The molecule has 7 heteroatoms. The Morgan fingerprint density at radius 3 is 2.59 bits per heavy atom. The quantitative estimate of drug-likeness (QED) is 0.347. The lowest BCUT2D eigenvalue weighted by atomic mass is 9.47. The van der Waals surface area contributed by atoms with Crippen LogP contribution >= 0.6 is 0 Å². The van der Waals surface area contributed by atoms with Crippen LogP contribution in [-0.4, -0.2) is 52.3 Å². The lowest BCUT2D eigenvalue weighted by Crippen LogP contribution is -2.57. The Balaban J connectivity index is 1.37. The predicted molar refractivity (Wildman–Crippen MR) is 134 cm³/mol. The van der Waals surface area contributed by atoms with Gasteiger partial charge in [0.25, 0.3) is 0 Å². The van der Waals surface area contributed by atoms with Crippen LogP contribution in [0.1, 0.15) is 73.6 Å². The topological polar surface area (TPSA) is 102 Å². The molecule has 4 fully saturated rings. The van der Waals surface area contributed by atoms with E-state index in [4.69, 9.17) is 14.2 Å². The SMILES string of the molecule is CC(=O)OC1CC2C3CC=C4CC=CC(=O)C4(C)C3CC(=O)C2(C)C1C(C)C1CC2(C)OC2(C)C(O)O1. The largest absolute Gasteiger partial charge is 0.462 e. The molecule has 0 aromatic carbocycles. The number of ether oxygens (including phenoxy) is 3. The van der Waals surface area contributed by atoms with Crippen molar-refractivity contribution in [2.75, 3.05) is 0 Å². The minimum atomic E-state index is -1.05. The molecule has 0 aromatic heterocycles. The maximum absolute atomic E-state index is 14.3. The fraction of sp³-hybridized carbons (Fsp3) is 0.767. The van der Waals surface area contributed by atoms with Crippen LogP contribution in [0.5, 0.6) is 0 Å². The number of hydrogen-bond acceptors (Lipinski definition) is 7. The molecule has 37 heavy (non-hydrogen) atoms. The van der Waals surface area contributed by atoms with Gasteiger partial charge in [-0.05, 0) is 69.8 Å². The highest BCUT2D eigenvalue weighted by molar-refractivity contribution is 5.99. The van der Waals surface area contributed by atoms with Gasteiger partial charge in [0, 0.05) is 31.1 Å². The minimum absolute atomic E-state index is 0.00424. The molecule has 2 aliphatic heterocycles. The van der Waals surface area contributed by atoms with Crippen LogP contribution in [0.4, 0.5) is 0 Å². The number of esters is 1. The molecule has 2 heterocycles. The summed E-state index contributed by atoms with van der Waals surface area (Å²) in [6.45, 7) is 11.4. The van der Waals surface area contributed by atoms with E-state index in [0.29, 0.717) is 19.3 Å². The summed E-state index contributed by atoms with van der Waals surface area (Å²) in [6.07, 6.45) is 7.22. The molecule has 0 radical (unpaired) electrons. The second kappa shape index (κ2) is 7.86. The van der Waals surface area contributed by atoms with Gasteiger partial charge in [0.1, 0.15) is 23.1 Å². The van der Waals surface area contributed by atoms with Crippen molar-refractivity contribution in [1.29, 1.82) is 0 Å². The summed E-state index contributed by atoms with van der Waals surface area (Å²) >= 11 is 0. The number of rotatable bonds is 3. The van der Waals surface area contributed by atoms with Gasteiger partial charge in [0.15, 0.2) is 12.1 Å². The van der Waals surface area contributed by atoms with E-state index in [1.807, 2.05) is 26.8 Å². The average molecular weight is 513 g/mol. The van der Waals surface area contributed by atoms with Crippen molar-refractivity contribution in [3.8, 4) is 0 Å². The maximum atomic E-state index is 14.3. The Kier molecular flexibility index (Phi) is 5.40. The lowest BCUT2D eigenvalue weighted by molar-refractivity contribution is -0.207. The minimum Gasteiger partial charge on any atom is -0.462 e. The normalized spacial score (nSPS) is 52.8. The molecular weight excluding hydrogens is 472 g/mol. The summed E-state index contributed by atoms with van der Waals surface area (Å²) in [5.41, 5.74) is -1.40. The number of Topliss-reactive ketones (excluding diaryl/α,β-unsaturated/α-hetero) is 1. The maximum Gasteiger partial charge on any atom is 0.302 e. The summed E-state index contributed by atoms with van der Waals surface area (Å²) in [5, 5.41) is 10.7. The highest BCUT2D eigenvalue weighted by Gasteiger charge is 2.73. The third kappa shape index (κ3) is 3.20. The van der Waals surface area contributed by atoms with Gasteiger partial charge in [-0.25, -0.2) is 0 Å². The molecule has 2 saturated carbocycles. The molecule has 0 spiro atoms. The summed E-state index contributed by atoms with van der Waals surface area (Å²) in [6, 6.07) is 0. The van der Waals surface area contributed by atoms with Crippen LogP contribution in [0, 0.1) is 40.4 Å². The van der Waals surface area contributed by atoms with Crippen molar-refractivity contribution < 1.29 is 33.7 Å². The predicted octanol–water partition coefficient (Wildman–Crippen LogP) is 3.92. The second-order valence-electron chi connectivity index (χ2n) is 13.4. The lowest BCUT2D eigenvalue weighted by Gasteiger charge is -2.55. The van der Waals surface area contributed by atoms with E-state index in [-0.39, 0.29) is 53.2 Å². The van der Waals surface area contributed by atoms with Crippen LogP contribution in [0.2, 0.25) is 0 Å². The molecule has 6 aliphatic rings. The molecule has 7 nitrogen and oxygen atoms in total. The highest BCUT2D eigenvalue weighted by Crippen LogP contribution is 2.67. The molecule has 0 bridgehead atoms. The van der Waals surface area contributed by atoms with Crippen LogP contribution in [0.25, 0.3) is 0 Å². The van der Waals surface area contributed by atoms with E-state index in [1.54, 1.807) is 6.08 Å². The Labute approximate surface area is 219 Å². The summed E-state index contributed by atoms with van der Waals surface area (Å²) in [4.78, 5) is 39.7. The fourth-order valence-corrected chi connectivity index (χ4v) is 9.42. The van der Waals surface area contributed by atoms with Crippen LogP contribution in [0.15, 0.2) is 23.8 Å². The molecule has 0 amide bonds. The number of carbonyl (C=O) groups is 3. The standard InChI is InChI=1S/C30H40O7/c1-15(22-14-27(3)30(6,37-27)26(34)36-22)25-21(35-16(2)31)12-19-18-11-10-17-8-7-9-23(32)28(17,4)20(18)13-24(33)29(19,25)5/h7,9-10,15,18-22,25-26,34H,8,11-14H2,1-6H3. The fourth-order valence-electron chi connectivity index (χ4n) is 9.42. The first-order valence-electron chi connectivity index (χ1n) is 13.9. The third-order valence-corrected chi connectivity index (χ3v) is 11.8. The number of ketones is 2. The van der Waals surface area contributed by atoms with Gasteiger partial charge in [-0.3, -0.25) is 14.4 Å². The number of epoxide rings is 1. The van der Waals surface area contributed by atoms with E-state index in [9.17, 15) is 19.5 Å². The molecule has 2 saturated heterocycles. The van der Waals surface area contributed by atoms with Crippen LogP contribution in [0.3, 0.4) is 0 Å². The Morgan fingerprint density at radius 1 is 1.19 bits per heavy atom. The van der Waals surface area contributed by atoms with E-state index < -0.39 is 34.4 Å². The molecule has 1 N–H and O–H groups in total. The first-order chi connectivity index (χ1) is 17.3. The summed E-state index contributed by atoms with van der Waals surface area (Å²) in [5.74, 6) is -0.388. The molecule has 0 aromatic rings. The number of aliphatic hydroxyl groups is 1. The number of carbonyl (C=O) groups excluding carboxylic acids is 3. The monoisotopic (exact) mass is 512 g/mol. The molecule has 202 valence electrons. The van der Waals surface area contributed by atoms with Crippen molar-refractivity contribution in [3.05, 3.63) is 23.8 Å². The molecule has 4 aliphatic carbocycles. The zero-order chi connectivity index (χ0) is 26.7. The zero-order valence-corrected chi connectivity index (χ0v) is 22.8. The third-order valence-electron chi connectivity index (χ3n) is 11.8. The first-order valence-corrected chi connectivity index (χ1v) is 13.9. The molecule has 12 atom stereocenters. The van der Waals surface area contributed by atoms with Gasteiger partial charge < -0.3 is 19.3 Å². The average Bonchev–Trinajstić information content (AvgIpc) is 3.27. The Hall–Kier alpha value is -1.83. The highest BCUT2D eigenvalue weighted by atomic mass is 16.7. The van der Waals surface area contributed by atoms with Crippen LogP contribution < -0.4 is 0 Å². The smallest absolute Gasteiger partial charge is 0.302 e. The summed E-state index contributed by atoms with van der Waals surface area (Å²) in [7, 11) is 0. The number of hydrogen-bond donors (Lipinski definition) is 1. The first kappa shape index (κ1) is 25.4. The van der Waals surface area contributed by atoms with Gasteiger partial charge in [-0.2, -0.15) is 0 Å². The summed E-state index contributed by atoms with van der Waals surface area (Å²) < 4.78 is 18.0. The van der Waals surface area contributed by atoms with E-state index in [2.05, 4.69) is 19.9 Å². The molecular formula is C30H40O7. The van der Waals surface area contributed by atoms with Crippen molar-refractivity contribution in [2.24, 2.45) is 40.4 Å². The Morgan fingerprint density at radius 2 is 1.92 bits per heavy atom. The van der Waals surface area contributed by atoms with Gasteiger partial charge in [-0.1, -0.05) is 31.6 Å². The number of allylic oxidation sites excluding steroid dienone is 4. The van der Waals surface area contributed by atoms with Gasteiger partial charge in [-0.15, -0.1) is 0 Å². The van der Waals surface area contributed by atoms with Gasteiger partial charge in [0.2, 0.25) is 0 Å². The molecule has 12 unspecified atom stereocenters. The van der Waals surface area contributed by atoms with Gasteiger partial charge in [0.05, 0.1) is 11.5 Å². The Bertz CT molecular complexity index is 1120. The van der Waals surface area contributed by atoms with Crippen molar-refractivity contribution in [2.45, 2.75) is 103 Å². The number of aliphatic hydroxyl groups excluding tert-OH is 1.